The molecule has 0 bridgehead atoms. The van der Waals surface area contributed by atoms with Gasteiger partial charge < -0.3 is 19.0 Å². The van der Waals surface area contributed by atoms with Crippen molar-refractivity contribution >= 4 is 11.0 Å². The molecule has 1 aromatic heterocycles. The summed E-state index contributed by atoms with van der Waals surface area (Å²) in [7, 11) is 2.82. The summed E-state index contributed by atoms with van der Waals surface area (Å²) in [5.41, 5.74) is -0.342. The largest absolute Gasteiger partial charge is 0.507 e. The molecule has 5 nitrogen and oxygen atoms in total. The lowest BCUT2D eigenvalue weighted by molar-refractivity contribution is 0.382. The SMILES string of the molecule is COc1cc(O)c2cc(OC)c(=O)oc2c1. The molecule has 2 aromatic rings. The van der Waals surface area contributed by atoms with Crippen LogP contribution in [0.1, 0.15) is 0 Å². The molecule has 1 heterocycles. The molecule has 0 aliphatic heterocycles. The number of hydrogen-bond acceptors (Lipinski definition) is 5. The van der Waals surface area contributed by atoms with Crippen molar-refractivity contribution in [1.29, 1.82) is 0 Å². The fourth-order valence-electron chi connectivity index (χ4n) is 1.42. The van der Waals surface area contributed by atoms with Crippen molar-refractivity contribution in [2.45, 2.75) is 0 Å². The highest BCUT2D eigenvalue weighted by Gasteiger charge is 2.10. The van der Waals surface area contributed by atoms with Crippen molar-refractivity contribution in [3.8, 4) is 17.2 Å². The summed E-state index contributed by atoms with van der Waals surface area (Å²) in [5.74, 6) is 0.433. The molecular weight excluding hydrogens is 212 g/mol. The molecule has 0 radical (unpaired) electrons. The van der Waals surface area contributed by atoms with E-state index in [1.54, 1.807) is 0 Å². The highest BCUT2D eigenvalue weighted by Crippen LogP contribution is 2.30. The zero-order valence-corrected chi connectivity index (χ0v) is 8.81. The van der Waals surface area contributed by atoms with Crippen LogP contribution in [0.2, 0.25) is 0 Å². The van der Waals surface area contributed by atoms with Gasteiger partial charge in [-0.3, -0.25) is 0 Å². The Kier molecular flexibility index (Phi) is 2.44. The Balaban J connectivity index is 2.80. The van der Waals surface area contributed by atoms with Gasteiger partial charge in [0.2, 0.25) is 5.75 Å². The lowest BCUT2D eigenvalue weighted by Crippen LogP contribution is -2.03. The summed E-state index contributed by atoms with van der Waals surface area (Å²) >= 11 is 0. The molecule has 16 heavy (non-hydrogen) atoms. The maximum absolute atomic E-state index is 11.4. The smallest absolute Gasteiger partial charge is 0.379 e. The van der Waals surface area contributed by atoms with Crippen LogP contribution in [0.15, 0.2) is 27.4 Å². The summed E-state index contributed by atoms with van der Waals surface area (Å²) in [6, 6.07) is 4.38. The average molecular weight is 222 g/mol. The first-order valence-electron chi connectivity index (χ1n) is 4.54. The molecule has 1 N–H and O–H groups in total. The quantitative estimate of drug-likeness (QED) is 0.780. The highest BCUT2D eigenvalue weighted by molar-refractivity contribution is 5.85. The maximum atomic E-state index is 11.4. The zero-order chi connectivity index (χ0) is 11.7. The Bertz CT molecular complexity index is 585. The predicted molar refractivity (Wildman–Crippen MR) is 57.3 cm³/mol. The number of aromatic hydroxyl groups is 1. The topological polar surface area (TPSA) is 68.9 Å². The van der Waals surface area contributed by atoms with Crippen LogP contribution in [-0.2, 0) is 0 Å². The van der Waals surface area contributed by atoms with E-state index in [4.69, 9.17) is 13.9 Å². The second-order valence-electron chi connectivity index (χ2n) is 3.16. The van der Waals surface area contributed by atoms with Crippen LogP contribution in [-0.4, -0.2) is 19.3 Å². The molecule has 0 fully saturated rings. The standard InChI is InChI=1S/C11H10O5/c1-14-6-3-8(12)7-5-10(15-2)11(13)16-9(7)4-6/h3-5,12H,1-2H3. The van der Waals surface area contributed by atoms with Crippen LogP contribution in [0.25, 0.3) is 11.0 Å². The van der Waals surface area contributed by atoms with E-state index in [1.807, 2.05) is 0 Å². The van der Waals surface area contributed by atoms with E-state index in [-0.39, 0.29) is 17.1 Å². The molecule has 84 valence electrons. The summed E-state index contributed by atoms with van der Waals surface area (Å²) in [5, 5.41) is 10.1. The molecule has 0 aliphatic rings. The molecular formula is C11H10O5. The lowest BCUT2D eigenvalue weighted by Gasteiger charge is -2.05. The van der Waals surface area contributed by atoms with E-state index in [9.17, 15) is 9.90 Å². The van der Waals surface area contributed by atoms with E-state index >= 15 is 0 Å². The van der Waals surface area contributed by atoms with Crippen molar-refractivity contribution < 1.29 is 19.0 Å². The van der Waals surface area contributed by atoms with Gasteiger partial charge >= 0.3 is 5.63 Å². The minimum absolute atomic E-state index is 0.0311. The zero-order valence-electron chi connectivity index (χ0n) is 8.81. The van der Waals surface area contributed by atoms with E-state index < -0.39 is 5.63 Å². The molecule has 1 aromatic carbocycles. The van der Waals surface area contributed by atoms with Crippen LogP contribution in [0, 0.1) is 0 Å². The van der Waals surface area contributed by atoms with Crippen molar-refractivity contribution in [3.05, 3.63) is 28.6 Å². The summed E-state index contributed by atoms with van der Waals surface area (Å²) in [4.78, 5) is 11.4. The van der Waals surface area contributed by atoms with Gasteiger partial charge in [0.15, 0.2) is 0 Å². The Morgan fingerprint density at radius 3 is 2.56 bits per heavy atom. The first kappa shape index (κ1) is 10.4. The van der Waals surface area contributed by atoms with Gasteiger partial charge in [-0.05, 0) is 0 Å². The third-order valence-electron chi connectivity index (χ3n) is 2.23. The molecule has 0 saturated carbocycles. The first-order valence-corrected chi connectivity index (χ1v) is 4.54. The third kappa shape index (κ3) is 1.56. The maximum Gasteiger partial charge on any atom is 0.379 e. The second-order valence-corrected chi connectivity index (χ2v) is 3.16. The van der Waals surface area contributed by atoms with Gasteiger partial charge in [-0.15, -0.1) is 0 Å². The summed E-state index contributed by atoms with van der Waals surface area (Å²) < 4.78 is 14.7. The monoisotopic (exact) mass is 222 g/mol. The molecule has 0 spiro atoms. The number of phenols is 1. The van der Waals surface area contributed by atoms with Gasteiger partial charge in [0.05, 0.1) is 19.6 Å². The fourth-order valence-corrected chi connectivity index (χ4v) is 1.42. The van der Waals surface area contributed by atoms with Crippen molar-refractivity contribution in [1.82, 2.24) is 0 Å². The van der Waals surface area contributed by atoms with Crippen LogP contribution < -0.4 is 15.1 Å². The number of rotatable bonds is 2. The third-order valence-corrected chi connectivity index (χ3v) is 2.23. The van der Waals surface area contributed by atoms with Gasteiger partial charge in [0, 0.05) is 18.2 Å². The Morgan fingerprint density at radius 1 is 1.19 bits per heavy atom. The number of ether oxygens (including phenoxy) is 2. The Labute approximate surface area is 90.8 Å². The van der Waals surface area contributed by atoms with Gasteiger partial charge in [-0.2, -0.15) is 0 Å². The van der Waals surface area contributed by atoms with Crippen molar-refractivity contribution in [2.75, 3.05) is 14.2 Å². The minimum Gasteiger partial charge on any atom is -0.507 e. The van der Waals surface area contributed by atoms with Gasteiger partial charge in [0.1, 0.15) is 17.1 Å². The minimum atomic E-state index is -0.595. The van der Waals surface area contributed by atoms with E-state index in [2.05, 4.69) is 0 Å². The van der Waals surface area contributed by atoms with Crippen LogP contribution >= 0.6 is 0 Å². The molecule has 0 atom stereocenters. The van der Waals surface area contributed by atoms with E-state index in [0.717, 1.165) is 0 Å². The fraction of sp³-hybridized carbons (Fsp3) is 0.182. The van der Waals surface area contributed by atoms with Crippen LogP contribution in [0.4, 0.5) is 0 Å². The number of phenolic OH excluding ortho intramolecular Hbond substituents is 1. The van der Waals surface area contributed by atoms with E-state index in [0.29, 0.717) is 11.1 Å². The van der Waals surface area contributed by atoms with Crippen molar-refractivity contribution in [2.24, 2.45) is 0 Å². The Hall–Kier alpha value is -2.17. The molecule has 0 unspecified atom stereocenters. The van der Waals surface area contributed by atoms with E-state index in [1.165, 1.54) is 32.4 Å². The number of fused-ring (bicyclic) bond motifs is 1. The Morgan fingerprint density at radius 2 is 1.94 bits per heavy atom. The first-order chi connectivity index (χ1) is 7.65. The highest BCUT2D eigenvalue weighted by atomic mass is 16.5. The summed E-state index contributed by atoms with van der Waals surface area (Å²) in [6.07, 6.45) is 0. The molecule has 2 rings (SSSR count). The molecule has 0 amide bonds. The van der Waals surface area contributed by atoms with Gasteiger partial charge in [-0.1, -0.05) is 0 Å². The van der Waals surface area contributed by atoms with Crippen LogP contribution in [0.5, 0.6) is 17.2 Å². The second kappa shape index (κ2) is 3.77. The average Bonchev–Trinajstić information content (AvgIpc) is 2.28. The molecule has 5 heteroatoms. The number of methoxy groups -OCH3 is 2. The number of benzene rings is 1. The molecule has 0 saturated heterocycles. The molecule has 0 aliphatic carbocycles. The summed E-state index contributed by atoms with van der Waals surface area (Å²) in [6.45, 7) is 0. The van der Waals surface area contributed by atoms with Crippen molar-refractivity contribution in [3.63, 3.8) is 0 Å². The van der Waals surface area contributed by atoms with Gasteiger partial charge in [0.25, 0.3) is 0 Å². The number of hydrogen-bond donors (Lipinski definition) is 1. The lowest BCUT2D eigenvalue weighted by atomic mass is 10.2. The normalized spacial score (nSPS) is 10.4. The van der Waals surface area contributed by atoms with Gasteiger partial charge in [-0.25, -0.2) is 4.79 Å². The predicted octanol–water partition coefficient (Wildman–Crippen LogP) is 1.52. The van der Waals surface area contributed by atoms with Crippen LogP contribution in [0.3, 0.4) is 0 Å².